The van der Waals surface area contributed by atoms with Gasteiger partial charge in [-0.05, 0) is 30.4 Å². The molecule has 1 aromatic carbocycles. The van der Waals surface area contributed by atoms with Gasteiger partial charge < -0.3 is 5.32 Å². The summed E-state index contributed by atoms with van der Waals surface area (Å²) in [4.78, 5) is 0. The van der Waals surface area contributed by atoms with Crippen molar-refractivity contribution < 1.29 is 0 Å². The van der Waals surface area contributed by atoms with Gasteiger partial charge in [-0.15, -0.1) is 0 Å². The minimum atomic E-state index is 0.592. The molecule has 0 spiro atoms. The molecule has 3 nitrogen and oxygen atoms in total. The molecule has 1 aliphatic rings. The summed E-state index contributed by atoms with van der Waals surface area (Å²) in [5.74, 6) is 1.56. The van der Waals surface area contributed by atoms with E-state index in [0.717, 1.165) is 17.4 Å². The van der Waals surface area contributed by atoms with Crippen LogP contribution in [-0.4, -0.2) is 16.2 Å². The van der Waals surface area contributed by atoms with E-state index >= 15 is 0 Å². The molecule has 18 heavy (non-hydrogen) atoms. The van der Waals surface area contributed by atoms with Gasteiger partial charge in [0.05, 0.1) is 11.7 Å². The topological polar surface area (TPSA) is 40.7 Å². The van der Waals surface area contributed by atoms with Crippen molar-refractivity contribution in [3.05, 3.63) is 24.4 Å². The van der Waals surface area contributed by atoms with Gasteiger partial charge in [-0.25, -0.2) is 0 Å². The van der Waals surface area contributed by atoms with Gasteiger partial charge in [0.1, 0.15) is 0 Å². The van der Waals surface area contributed by atoms with Crippen LogP contribution in [-0.2, 0) is 0 Å². The van der Waals surface area contributed by atoms with E-state index in [1.165, 1.54) is 30.3 Å². The maximum atomic E-state index is 4.12. The standard InChI is InChI=1S/C15H21N3/c1-10-5-3-6-13(11(10)2)17-14-7-4-8-15-12(14)9-16-18-15/h4,7-11,13,17H,3,5-6H2,1-2H3,(H,16,18). The molecule has 3 unspecified atom stereocenters. The van der Waals surface area contributed by atoms with Crippen LogP contribution in [0.1, 0.15) is 33.1 Å². The molecule has 2 N–H and O–H groups in total. The number of hydrogen-bond donors (Lipinski definition) is 2. The van der Waals surface area contributed by atoms with E-state index in [-0.39, 0.29) is 0 Å². The number of fused-ring (bicyclic) bond motifs is 1. The summed E-state index contributed by atoms with van der Waals surface area (Å²) in [6, 6.07) is 6.90. The Hall–Kier alpha value is -1.51. The lowest BCUT2D eigenvalue weighted by atomic mass is 9.78. The zero-order chi connectivity index (χ0) is 12.5. The Bertz CT molecular complexity index is 531. The Kier molecular flexibility index (Phi) is 2.98. The van der Waals surface area contributed by atoms with Gasteiger partial charge in [-0.1, -0.05) is 32.8 Å². The van der Waals surface area contributed by atoms with Crippen LogP contribution in [0.2, 0.25) is 0 Å². The first-order valence-electron chi connectivity index (χ1n) is 6.94. The van der Waals surface area contributed by atoms with Crippen molar-refractivity contribution in [3.63, 3.8) is 0 Å². The quantitative estimate of drug-likeness (QED) is 0.842. The number of H-pyrrole nitrogens is 1. The molecule has 2 aromatic rings. The summed E-state index contributed by atoms with van der Waals surface area (Å²) in [6.07, 6.45) is 5.90. The van der Waals surface area contributed by atoms with E-state index in [9.17, 15) is 0 Å². The second kappa shape index (κ2) is 4.63. The fraction of sp³-hybridized carbons (Fsp3) is 0.533. The third-order valence-electron chi connectivity index (χ3n) is 4.53. The van der Waals surface area contributed by atoms with Gasteiger partial charge >= 0.3 is 0 Å². The van der Waals surface area contributed by atoms with E-state index in [1.807, 2.05) is 6.20 Å². The van der Waals surface area contributed by atoms with E-state index < -0.39 is 0 Å². The van der Waals surface area contributed by atoms with Gasteiger partial charge in [0.15, 0.2) is 0 Å². The maximum absolute atomic E-state index is 4.12. The molecule has 0 bridgehead atoms. The SMILES string of the molecule is CC1CCCC(Nc2cccc3[nH]ncc23)C1C. The molecule has 1 aromatic heterocycles. The third kappa shape index (κ3) is 1.98. The summed E-state index contributed by atoms with van der Waals surface area (Å²) in [5, 5.41) is 12.1. The third-order valence-corrected chi connectivity index (χ3v) is 4.53. The lowest BCUT2D eigenvalue weighted by Crippen LogP contribution is -2.35. The van der Waals surface area contributed by atoms with Gasteiger partial charge in [0.2, 0.25) is 0 Å². The molecule has 1 heterocycles. The molecule has 0 aliphatic heterocycles. The van der Waals surface area contributed by atoms with Crippen molar-refractivity contribution in [2.75, 3.05) is 5.32 Å². The fourth-order valence-electron chi connectivity index (χ4n) is 3.08. The number of nitrogens with zero attached hydrogens (tertiary/aromatic N) is 1. The summed E-state index contributed by atoms with van der Waals surface area (Å²) < 4.78 is 0. The first-order valence-corrected chi connectivity index (χ1v) is 6.94. The highest BCUT2D eigenvalue weighted by Crippen LogP contribution is 2.33. The summed E-state index contributed by atoms with van der Waals surface area (Å²) in [6.45, 7) is 4.74. The monoisotopic (exact) mass is 243 g/mol. The number of hydrogen-bond acceptors (Lipinski definition) is 2. The van der Waals surface area contributed by atoms with Crippen LogP contribution < -0.4 is 5.32 Å². The second-order valence-electron chi connectivity index (χ2n) is 5.65. The largest absolute Gasteiger partial charge is 0.381 e. The number of benzene rings is 1. The molecule has 3 atom stereocenters. The van der Waals surface area contributed by atoms with Gasteiger partial charge in [0.25, 0.3) is 0 Å². The zero-order valence-corrected chi connectivity index (χ0v) is 11.1. The lowest BCUT2D eigenvalue weighted by Gasteiger charge is -2.35. The van der Waals surface area contributed by atoms with Crippen LogP contribution in [0.25, 0.3) is 10.9 Å². The maximum Gasteiger partial charge on any atom is 0.0671 e. The van der Waals surface area contributed by atoms with Crippen molar-refractivity contribution in [3.8, 4) is 0 Å². The highest BCUT2D eigenvalue weighted by molar-refractivity contribution is 5.90. The predicted molar refractivity (Wildman–Crippen MR) is 75.7 cm³/mol. The van der Waals surface area contributed by atoms with Crippen molar-refractivity contribution in [2.45, 2.75) is 39.2 Å². The number of aromatic nitrogens is 2. The average Bonchev–Trinajstić information content (AvgIpc) is 2.84. The smallest absolute Gasteiger partial charge is 0.0671 e. The van der Waals surface area contributed by atoms with E-state index in [0.29, 0.717) is 6.04 Å². The second-order valence-corrected chi connectivity index (χ2v) is 5.65. The fourth-order valence-corrected chi connectivity index (χ4v) is 3.08. The molecule has 3 heteroatoms. The summed E-state index contributed by atoms with van der Waals surface area (Å²) in [7, 11) is 0. The molecule has 1 aliphatic carbocycles. The van der Waals surface area contributed by atoms with Crippen molar-refractivity contribution in [1.29, 1.82) is 0 Å². The number of aromatic amines is 1. The van der Waals surface area contributed by atoms with Crippen LogP contribution in [0, 0.1) is 11.8 Å². The molecular weight excluding hydrogens is 222 g/mol. The Balaban J connectivity index is 1.85. The van der Waals surface area contributed by atoms with E-state index in [1.54, 1.807) is 0 Å². The van der Waals surface area contributed by atoms with Crippen molar-refractivity contribution in [2.24, 2.45) is 11.8 Å². The Morgan fingerprint density at radius 2 is 2.17 bits per heavy atom. The molecule has 3 rings (SSSR count). The molecule has 0 amide bonds. The van der Waals surface area contributed by atoms with Gasteiger partial charge in [-0.3, -0.25) is 5.10 Å². The molecule has 96 valence electrons. The predicted octanol–water partition coefficient (Wildman–Crippen LogP) is 3.80. The molecule has 1 saturated carbocycles. The molecule has 1 fully saturated rings. The number of nitrogens with one attached hydrogen (secondary N) is 2. The first kappa shape index (κ1) is 11.6. The van der Waals surface area contributed by atoms with E-state index in [4.69, 9.17) is 0 Å². The number of rotatable bonds is 2. The highest BCUT2D eigenvalue weighted by atomic mass is 15.1. The Morgan fingerprint density at radius 3 is 3.06 bits per heavy atom. The van der Waals surface area contributed by atoms with Crippen molar-refractivity contribution >= 4 is 16.6 Å². The summed E-state index contributed by atoms with van der Waals surface area (Å²) >= 11 is 0. The number of anilines is 1. The Morgan fingerprint density at radius 1 is 1.28 bits per heavy atom. The first-order chi connectivity index (χ1) is 8.75. The normalized spacial score (nSPS) is 28.4. The highest BCUT2D eigenvalue weighted by Gasteiger charge is 2.27. The van der Waals surface area contributed by atoms with Crippen LogP contribution in [0.5, 0.6) is 0 Å². The van der Waals surface area contributed by atoms with Crippen LogP contribution in [0.4, 0.5) is 5.69 Å². The van der Waals surface area contributed by atoms with Gasteiger partial charge in [-0.2, -0.15) is 5.10 Å². The van der Waals surface area contributed by atoms with Gasteiger partial charge in [0, 0.05) is 17.1 Å². The minimum Gasteiger partial charge on any atom is -0.381 e. The average molecular weight is 243 g/mol. The molecular formula is C15H21N3. The van der Waals surface area contributed by atoms with Crippen LogP contribution in [0.3, 0.4) is 0 Å². The van der Waals surface area contributed by atoms with Crippen LogP contribution in [0.15, 0.2) is 24.4 Å². The minimum absolute atomic E-state index is 0.592. The lowest BCUT2D eigenvalue weighted by molar-refractivity contribution is 0.253. The zero-order valence-electron chi connectivity index (χ0n) is 11.1. The van der Waals surface area contributed by atoms with Crippen LogP contribution >= 0.6 is 0 Å². The van der Waals surface area contributed by atoms with E-state index in [2.05, 4.69) is 47.6 Å². The van der Waals surface area contributed by atoms with Crippen molar-refractivity contribution in [1.82, 2.24) is 10.2 Å². The molecule has 0 radical (unpaired) electrons. The molecule has 0 saturated heterocycles. The Labute approximate surface area is 108 Å². The summed E-state index contributed by atoms with van der Waals surface area (Å²) in [5.41, 5.74) is 2.32.